The van der Waals surface area contributed by atoms with Gasteiger partial charge >= 0.3 is 6.03 Å². The van der Waals surface area contributed by atoms with E-state index in [1.807, 2.05) is 17.5 Å². The Bertz CT molecular complexity index is 468. The lowest BCUT2D eigenvalue weighted by molar-refractivity contribution is -0.122. The van der Waals surface area contributed by atoms with E-state index in [0.29, 0.717) is 0 Å². The molecule has 6 heteroatoms. The van der Waals surface area contributed by atoms with Gasteiger partial charge in [-0.25, -0.2) is 4.79 Å². The van der Waals surface area contributed by atoms with Gasteiger partial charge in [0.25, 0.3) is 0 Å². The molecule has 0 aromatic carbocycles. The van der Waals surface area contributed by atoms with Crippen molar-refractivity contribution in [3.8, 4) is 0 Å². The van der Waals surface area contributed by atoms with Crippen LogP contribution in [0.2, 0.25) is 0 Å². The predicted octanol–water partition coefficient (Wildman–Crippen LogP) is 3.08. The largest absolute Gasteiger partial charge is 0.353 e. The van der Waals surface area contributed by atoms with E-state index in [-0.39, 0.29) is 24.4 Å². The summed E-state index contributed by atoms with van der Waals surface area (Å²) in [5, 5.41) is 7.72. The number of thiophene rings is 1. The zero-order valence-electron chi connectivity index (χ0n) is 12.8. The number of hydrogen-bond acceptors (Lipinski definition) is 3. The zero-order valence-corrected chi connectivity index (χ0v) is 13.7. The molecule has 122 valence electrons. The van der Waals surface area contributed by atoms with Crippen LogP contribution in [0.3, 0.4) is 0 Å². The van der Waals surface area contributed by atoms with E-state index in [1.165, 1.54) is 43.4 Å². The summed E-state index contributed by atoms with van der Waals surface area (Å²) in [6, 6.07) is 3.14. The normalized spacial score (nSPS) is 18.0. The zero-order chi connectivity index (χ0) is 15.8. The standard InChI is InChI=1S/C16H25N3O2S/c17-16(21)19-13(14-9-6-10-22-14)11-15(20)18-12-7-4-2-1-3-5-8-12/h6,9-10,12-13H,1-5,7-8,11H2,(H,18,20)(H3,17,19,21). The second-order valence-electron chi connectivity index (χ2n) is 5.89. The van der Waals surface area contributed by atoms with Crippen molar-refractivity contribution < 1.29 is 9.59 Å². The highest BCUT2D eigenvalue weighted by atomic mass is 32.1. The second-order valence-corrected chi connectivity index (χ2v) is 6.87. The fourth-order valence-corrected chi connectivity index (χ4v) is 3.73. The number of amides is 3. The summed E-state index contributed by atoms with van der Waals surface area (Å²) in [6.07, 6.45) is 8.53. The first-order valence-corrected chi connectivity index (χ1v) is 8.92. The molecular weight excluding hydrogens is 298 g/mol. The molecule has 1 aliphatic carbocycles. The Kier molecular flexibility index (Phi) is 6.71. The van der Waals surface area contributed by atoms with Gasteiger partial charge in [0.15, 0.2) is 0 Å². The van der Waals surface area contributed by atoms with Crippen LogP contribution in [-0.4, -0.2) is 18.0 Å². The van der Waals surface area contributed by atoms with Crippen molar-refractivity contribution in [1.82, 2.24) is 10.6 Å². The van der Waals surface area contributed by atoms with Gasteiger partial charge < -0.3 is 16.4 Å². The molecule has 0 spiro atoms. The predicted molar refractivity (Wildman–Crippen MR) is 88.6 cm³/mol. The van der Waals surface area contributed by atoms with E-state index in [1.54, 1.807) is 0 Å². The highest BCUT2D eigenvalue weighted by Gasteiger charge is 2.20. The van der Waals surface area contributed by atoms with Crippen LogP contribution < -0.4 is 16.4 Å². The van der Waals surface area contributed by atoms with E-state index < -0.39 is 6.03 Å². The van der Waals surface area contributed by atoms with Crippen LogP contribution in [0.1, 0.15) is 62.3 Å². The average molecular weight is 323 g/mol. The van der Waals surface area contributed by atoms with Crippen molar-refractivity contribution in [2.24, 2.45) is 5.73 Å². The van der Waals surface area contributed by atoms with Gasteiger partial charge in [0.1, 0.15) is 0 Å². The maximum absolute atomic E-state index is 12.3. The van der Waals surface area contributed by atoms with Crippen molar-refractivity contribution in [1.29, 1.82) is 0 Å². The monoisotopic (exact) mass is 323 g/mol. The number of carbonyl (C=O) groups is 2. The molecule has 3 amide bonds. The summed E-state index contributed by atoms with van der Waals surface area (Å²) in [5.41, 5.74) is 5.22. The van der Waals surface area contributed by atoms with E-state index in [0.717, 1.165) is 17.7 Å². The molecule has 1 unspecified atom stereocenters. The molecule has 22 heavy (non-hydrogen) atoms. The molecule has 1 fully saturated rings. The van der Waals surface area contributed by atoms with Crippen LogP contribution >= 0.6 is 11.3 Å². The number of urea groups is 1. The number of nitrogens with two attached hydrogens (primary N) is 1. The molecule has 1 atom stereocenters. The molecule has 1 heterocycles. The quantitative estimate of drug-likeness (QED) is 0.778. The average Bonchev–Trinajstić information content (AvgIpc) is 2.94. The van der Waals surface area contributed by atoms with Crippen molar-refractivity contribution in [2.75, 3.05) is 0 Å². The van der Waals surface area contributed by atoms with Gasteiger partial charge in [-0.3, -0.25) is 4.79 Å². The Labute approximate surface area is 135 Å². The third-order valence-corrected chi connectivity index (χ3v) is 5.05. The van der Waals surface area contributed by atoms with Crippen LogP contribution in [0.15, 0.2) is 17.5 Å². The molecule has 4 N–H and O–H groups in total. The molecule has 2 rings (SSSR count). The topological polar surface area (TPSA) is 84.2 Å². The Hall–Kier alpha value is -1.56. The molecule has 1 saturated carbocycles. The fraction of sp³-hybridized carbons (Fsp3) is 0.625. The fourth-order valence-electron chi connectivity index (χ4n) is 2.96. The Morgan fingerprint density at radius 3 is 2.50 bits per heavy atom. The molecule has 1 aromatic rings. The first-order valence-electron chi connectivity index (χ1n) is 8.04. The third-order valence-electron chi connectivity index (χ3n) is 4.06. The highest BCUT2D eigenvalue weighted by molar-refractivity contribution is 7.10. The van der Waals surface area contributed by atoms with Crippen LogP contribution in [0, 0.1) is 0 Å². The number of rotatable bonds is 5. The SMILES string of the molecule is NC(=O)NC(CC(=O)NC1CCCCCCC1)c1cccs1. The molecule has 0 bridgehead atoms. The molecular formula is C16H25N3O2S. The Morgan fingerprint density at radius 2 is 1.91 bits per heavy atom. The summed E-state index contributed by atoms with van der Waals surface area (Å²) in [6.45, 7) is 0. The van der Waals surface area contributed by atoms with Crippen LogP contribution in [0.25, 0.3) is 0 Å². The van der Waals surface area contributed by atoms with Gasteiger partial charge in [0.05, 0.1) is 12.5 Å². The van der Waals surface area contributed by atoms with E-state index in [2.05, 4.69) is 10.6 Å². The van der Waals surface area contributed by atoms with Gasteiger partial charge in [-0.2, -0.15) is 0 Å². The molecule has 5 nitrogen and oxygen atoms in total. The van der Waals surface area contributed by atoms with Crippen LogP contribution in [0.5, 0.6) is 0 Å². The molecule has 0 radical (unpaired) electrons. The first-order chi connectivity index (χ1) is 10.6. The van der Waals surface area contributed by atoms with Crippen LogP contribution in [0.4, 0.5) is 4.79 Å². The number of primary amides is 1. The van der Waals surface area contributed by atoms with E-state index in [4.69, 9.17) is 5.73 Å². The minimum atomic E-state index is -0.600. The lowest BCUT2D eigenvalue weighted by Crippen LogP contribution is -2.39. The van der Waals surface area contributed by atoms with E-state index in [9.17, 15) is 9.59 Å². The molecule has 0 aliphatic heterocycles. The Balaban J connectivity index is 1.88. The summed E-state index contributed by atoms with van der Waals surface area (Å²) in [7, 11) is 0. The van der Waals surface area contributed by atoms with Crippen molar-refractivity contribution in [3.05, 3.63) is 22.4 Å². The summed E-state index contributed by atoms with van der Waals surface area (Å²) >= 11 is 1.52. The van der Waals surface area contributed by atoms with Crippen molar-refractivity contribution >= 4 is 23.3 Å². The van der Waals surface area contributed by atoms with Gasteiger partial charge in [-0.05, 0) is 24.3 Å². The number of nitrogens with one attached hydrogen (secondary N) is 2. The van der Waals surface area contributed by atoms with Gasteiger partial charge in [0.2, 0.25) is 5.91 Å². The maximum atomic E-state index is 12.3. The summed E-state index contributed by atoms with van der Waals surface area (Å²) in [5.74, 6) is -0.0160. The summed E-state index contributed by atoms with van der Waals surface area (Å²) < 4.78 is 0. The first kappa shape index (κ1) is 16.8. The summed E-state index contributed by atoms with van der Waals surface area (Å²) in [4.78, 5) is 24.4. The maximum Gasteiger partial charge on any atom is 0.312 e. The van der Waals surface area contributed by atoms with Gasteiger partial charge in [-0.1, -0.05) is 38.2 Å². The third kappa shape index (κ3) is 5.67. The van der Waals surface area contributed by atoms with Gasteiger partial charge in [-0.15, -0.1) is 11.3 Å². The van der Waals surface area contributed by atoms with Gasteiger partial charge in [0, 0.05) is 10.9 Å². The lowest BCUT2D eigenvalue weighted by Gasteiger charge is -2.22. The Morgan fingerprint density at radius 1 is 1.23 bits per heavy atom. The van der Waals surface area contributed by atoms with E-state index >= 15 is 0 Å². The number of carbonyl (C=O) groups excluding carboxylic acids is 2. The van der Waals surface area contributed by atoms with Crippen molar-refractivity contribution in [3.63, 3.8) is 0 Å². The van der Waals surface area contributed by atoms with Crippen LogP contribution in [-0.2, 0) is 4.79 Å². The molecule has 1 aromatic heterocycles. The lowest BCUT2D eigenvalue weighted by atomic mass is 9.96. The minimum Gasteiger partial charge on any atom is -0.353 e. The number of hydrogen-bond donors (Lipinski definition) is 3. The smallest absolute Gasteiger partial charge is 0.312 e. The highest BCUT2D eigenvalue weighted by Crippen LogP contribution is 2.22. The molecule has 1 aliphatic rings. The van der Waals surface area contributed by atoms with Crippen molar-refractivity contribution in [2.45, 2.75) is 63.5 Å². The molecule has 0 saturated heterocycles. The second kappa shape index (κ2) is 8.78. The minimum absolute atomic E-state index is 0.0160.